The van der Waals surface area contributed by atoms with Gasteiger partial charge in [0.25, 0.3) is 5.91 Å². The zero-order valence-electron chi connectivity index (χ0n) is 13.8. The third-order valence-corrected chi connectivity index (χ3v) is 4.03. The normalized spacial score (nSPS) is 11.6. The molecule has 0 spiro atoms. The maximum atomic E-state index is 13.0. The van der Waals surface area contributed by atoms with Gasteiger partial charge in [-0.25, -0.2) is 0 Å². The molecule has 0 unspecified atom stereocenters. The van der Waals surface area contributed by atoms with Crippen LogP contribution in [-0.2, 0) is 11.0 Å². The number of hydrogen-bond acceptors (Lipinski definition) is 4. The summed E-state index contributed by atoms with van der Waals surface area (Å²) in [5.74, 6) is -1.08. The number of amides is 1. The number of rotatable bonds is 4. The van der Waals surface area contributed by atoms with Crippen LogP contribution in [0.25, 0.3) is 6.08 Å². The van der Waals surface area contributed by atoms with Gasteiger partial charge in [-0.3, -0.25) is 4.79 Å². The Kier molecular flexibility index (Phi) is 6.13. The second-order valence-corrected chi connectivity index (χ2v) is 6.08. The summed E-state index contributed by atoms with van der Waals surface area (Å²) < 4.78 is 44.3. The van der Waals surface area contributed by atoms with Crippen molar-refractivity contribution in [1.29, 1.82) is 5.26 Å². The van der Waals surface area contributed by atoms with E-state index in [0.717, 1.165) is 18.2 Å². The van der Waals surface area contributed by atoms with Crippen LogP contribution in [-0.4, -0.2) is 18.1 Å². The second-order valence-electron chi connectivity index (χ2n) is 5.22. The average molecular weight is 441 g/mol. The maximum absolute atomic E-state index is 13.0. The molecule has 0 bridgehead atoms. The van der Waals surface area contributed by atoms with E-state index < -0.39 is 28.9 Å². The zero-order valence-corrected chi connectivity index (χ0v) is 15.4. The minimum atomic E-state index is -4.66. The Morgan fingerprint density at radius 3 is 2.59 bits per heavy atom. The predicted octanol–water partition coefficient (Wildman–Crippen LogP) is 4.73. The van der Waals surface area contributed by atoms with Crippen molar-refractivity contribution in [3.05, 3.63) is 57.6 Å². The number of benzene rings is 2. The van der Waals surface area contributed by atoms with E-state index in [-0.39, 0.29) is 16.0 Å². The minimum absolute atomic E-state index is 0.0933. The summed E-state index contributed by atoms with van der Waals surface area (Å²) in [7, 11) is 1.32. The van der Waals surface area contributed by atoms with Gasteiger partial charge in [0.05, 0.1) is 22.8 Å². The molecule has 27 heavy (non-hydrogen) atoms. The molecule has 0 radical (unpaired) electrons. The van der Waals surface area contributed by atoms with E-state index in [1.807, 2.05) is 0 Å². The van der Waals surface area contributed by atoms with Crippen LogP contribution in [0.4, 0.5) is 18.9 Å². The van der Waals surface area contributed by atoms with Gasteiger partial charge in [-0.2, -0.15) is 18.4 Å². The van der Waals surface area contributed by atoms with Crippen LogP contribution in [0.3, 0.4) is 0 Å². The standard InChI is InChI=1S/C18H12BrF3N2O3/c1-27-15-8-10(7-13(19)16(15)25)6-11(9-23)17(26)24-14-5-3-2-4-12(14)18(20,21)22/h2-8,25H,1H3,(H,24,26). The fourth-order valence-electron chi connectivity index (χ4n) is 2.18. The Morgan fingerprint density at radius 1 is 1.33 bits per heavy atom. The molecule has 9 heteroatoms. The Morgan fingerprint density at radius 2 is 2.00 bits per heavy atom. The minimum Gasteiger partial charge on any atom is -0.503 e. The number of phenolic OH excluding ortho intramolecular Hbond substituents is 1. The Hall–Kier alpha value is -2.99. The average Bonchev–Trinajstić information content (AvgIpc) is 2.61. The summed E-state index contributed by atoms with van der Waals surface area (Å²) in [6.07, 6.45) is -3.49. The smallest absolute Gasteiger partial charge is 0.418 e. The van der Waals surface area contributed by atoms with E-state index in [1.54, 1.807) is 6.07 Å². The van der Waals surface area contributed by atoms with Crippen LogP contribution in [0.15, 0.2) is 46.4 Å². The molecule has 0 aromatic heterocycles. The highest BCUT2D eigenvalue weighted by Gasteiger charge is 2.33. The van der Waals surface area contributed by atoms with Gasteiger partial charge in [-0.1, -0.05) is 12.1 Å². The summed E-state index contributed by atoms with van der Waals surface area (Å²) in [6, 6.07) is 8.89. The van der Waals surface area contributed by atoms with Crippen molar-refractivity contribution in [2.75, 3.05) is 12.4 Å². The number of hydrogen-bond donors (Lipinski definition) is 2. The van der Waals surface area contributed by atoms with Gasteiger partial charge in [-0.15, -0.1) is 0 Å². The summed E-state index contributed by atoms with van der Waals surface area (Å²) in [5.41, 5.74) is -1.58. The molecule has 2 N–H and O–H groups in total. The molecule has 0 atom stereocenters. The number of carbonyl (C=O) groups is 1. The second kappa shape index (κ2) is 8.14. The highest BCUT2D eigenvalue weighted by molar-refractivity contribution is 9.10. The van der Waals surface area contributed by atoms with E-state index >= 15 is 0 Å². The first-order valence-electron chi connectivity index (χ1n) is 7.33. The number of nitrogens with zero attached hydrogens (tertiary/aromatic N) is 1. The summed E-state index contributed by atoms with van der Waals surface area (Å²) >= 11 is 3.10. The van der Waals surface area contributed by atoms with Crippen LogP contribution in [0.1, 0.15) is 11.1 Å². The fourth-order valence-corrected chi connectivity index (χ4v) is 2.64. The van der Waals surface area contributed by atoms with E-state index in [0.29, 0.717) is 5.56 Å². The molecular formula is C18H12BrF3N2O3. The molecule has 0 aliphatic rings. The van der Waals surface area contributed by atoms with Crippen LogP contribution < -0.4 is 10.1 Å². The number of nitriles is 1. The number of para-hydroxylation sites is 1. The highest BCUT2D eigenvalue weighted by Crippen LogP contribution is 2.36. The van der Waals surface area contributed by atoms with Gasteiger partial charge in [0, 0.05) is 0 Å². The molecule has 0 heterocycles. The lowest BCUT2D eigenvalue weighted by atomic mass is 10.1. The van der Waals surface area contributed by atoms with Crippen molar-refractivity contribution < 1.29 is 27.8 Å². The van der Waals surface area contributed by atoms with Crippen molar-refractivity contribution in [2.45, 2.75) is 6.18 Å². The highest BCUT2D eigenvalue weighted by atomic mass is 79.9. The molecular weight excluding hydrogens is 429 g/mol. The first-order chi connectivity index (χ1) is 12.7. The van der Waals surface area contributed by atoms with E-state index in [4.69, 9.17) is 4.74 Å². The quantitative estimate of drug-likeness (QED) is 0.531. The topological polar surface area (TPSA) is 82.3 Å². The number of nitrogens with one attached hydrogen (secondary N) is 1. The van der Waals surface area contributed by atoms with Crippen molar-refractivity contribution >= 4 is 33.6 Å². The molecule has 1 amide bonds. The van der Waals surface area contributed by atoms with Gasteiger partial charge in [0.2, 0.25) is 0 Å². The van der Waals surface area contributed by atoms with Crippen molar-refractivity contribution in [3.8, 4) is 17.6 Å². The third kappa shape index (κ3) is 4.80. The Balaban J connectivity index is 2.37. The number of phenols is 1. The number of halogens is 4. The summed E-state index contributed by atoms with van der Waals surface area (Å²) in [6.45, 7) is 0. The monoisotopic (exact) mass is 440 g/mol. The van der Waals surface area contributed by atoms with E-state index in [9.17, 15) is 28.3 Å². The van der Waals surface area contributed by atoms with Crippen molar-refractivity contribution in [1.82, 2.24) is 0 Å². The molecule has 140 valence electrons. The van der Waals surface area contributed by atoms with E-state index in [1.165, 1.54) is 31.4 Å². The SMILES string of the molecule is COc1cc(C=C(C#N)C(=O)Nc2ccccc2C(F)(F)F)cc(Br)c1O. The van der Waals surface area contributed by atoms with E-state index in [2.05, 4.69) is 21.2 Å². The molecule has 0 fully saturated rings. The van der Waals surface area contributed by atoms with Crippen LogP contribution >= 0.6 is 15.9 Å². The maximum Gasteiger partial charge on any atom is 0.418 e. The van der Waals surface area contributed by atoms with Gasteiger partial charge in [0.15, 0.2) is 11.5 Å². The number of ether oxygens (including phenoxy) is 1. The number of anilines is 1. The molecule has 0 saturated heterocycles. The number of aromatic hydroxyl groups is 1. The molecule has 2 aromatic rings. The number of methoxy groups -OCH3 is 1. The summed E-state index contributed by atoms with van der Waals surface area (Å²) in [4.78, 5) is 12.3. The lowest BCUT2D eigenvalue weighted by Gasteiger charge is -2.13. The van der Waals surface area contributed by atoms with Crippen LogP contribution in [0.5, 0.6) is 11.5 Å². The largest absolute Gasteiger partial charge is 0.503 e. The van der Waals surface area contributed by atoms with Crippen molar-refractivity contribution in [3.63, 3.8) is 0 Å². The van der Waals surface area contributed by atoms with Gasteiger partial charge >= 0.3 is 6.18 Å². The van der Waals surface area contributed by atoms with Gasteiger partial charge < -0.3 is 15.2 Å². The lowest BCUT2D eigenvalue weighted by Crippen LogP contribution is -2.17. The number of carbonyl (C=O) groups excluding carboxylic acids is 1. The molecule has 2 rings (SSSR count). The predicted molar refractivity (Wildman–Crippen MR) is 96.0 cm³/mol. The van der Waals surface area contributed by atoms with Crippen LogP contribution in [0.2, 0.25) is 0 Å². The van der Waals surface area contributed by atoms with Crippen LogP contribution in [0, 0.1) is 11.3 Å². The van der Waals surface area contributed by atoms with Crippen molar-refractivity contribution in [2.24, 2.45) is 0 Å². The first kappa shape index (κ1) is 20.3. The molecule has 0 aliphatic carbocycles. The number of alkyl halides is 3. The van der Waals surface area contributed by atoms with Gasteiger partial charge in [-0.05, 0) is 51.8 Å². The first-order valence-corrected chi connectivity index (χ1v) is 8.12. The molecule has 5 nitrogen and oxygen atoms in total. The van der Waals surface area contributed by atoms with Gasteiger partial charge in [0.1, 0.15) is 11.6 Å². The molecule has 0 saturated carbocycles. The Labute approximate surface area is 160 Å². The molecule has 0 aliphatic heterocycles. The molecule has 2 aromatic carbocycles. The lowest BCUT2D eigenvalue weighted by molar-refractivity contribution is -0.137. The summed E-state index contributed by atoms with van der Waals surface area (Å²) in [5, 5.41) is 21.1. The zero-order chi connectivity index (χ0) is 20.2. The Bertz CT molecular complexity index is 950. The third-order valence-electron chi connectivity index (χ3n) is 3.43. The fraction of sp³-hybridized carbons (Fsp3) is 0.111.